The molecule has 0 saturated carbocycles. The van der Waals surface area contributed by atoms with E-state index in [1.807, 2.05) is 38.1 Å². The van der Waals surface area contributed by atoms with Gasteiger partial charge in [0.25, 0.3) is 0 Å². The van der Waals surface area contributed by atoms with Crippen LogP contribution in [-0.4, -0.2) is 19.8 Å². The average molecular weight is 372 g/mol. The van der Waals surface area contributed by atoms with E-state index in [1.165, 1.54) is 18.4 Å². The summed E-state index contributed by atoms with van der Waals surface area (Å²) in [6, 6.07) is 14.3. The van der Waals surface area contributed by atoms with Crippen molar-refractivity contribution in [1.82, 2.24) is 5.32 Å². The maximum absolute atomic E-state index is 6.04. The molecule has 0 spiro atoms. The van der Waals surface area contributed by atoms with Gasteiger partial charge in [0.15, 0.2) is 11.5 Å². The van der Waals surface area contributed by atoms with Gasteiger partial charge in [0.05, 0.1) is 19.8 Å². The Morgan fingerprint density at radius 3 is 2.41 bits per heavy atom. The van der Waals surface area contributed by atoms with Crippen LogP contribution in [0, 0.1) is 0 Å². The number of nitrogens with one attached hydrogen (secondary N) is 1. The van der Waals surface area contributed by atoms with Crippen molar-refractivity contribution in [2.24, 2.45) is 0 Å². The van der Waals surface area contributed by atoms with Crippen molar-refractivity contribution in [3.8, 4) is 17.2 Å². The SMILES string of the molecule is CCCCCOc1c(CNCc2ccc(OC(C)C)cc2)cccc1OC. The summed E-state index contributed by atoms with van der Waals surface area (Å²) in [6.07, 6.45) is 3.62. The molecule has 4 nitrogen and oxygen atoms in total. The Hall–Kier alpha value is -2.20. The number of para-hydroxylation sites is 1. The summed E-state index contributed by atoms with van der Waals surface area (Å²) >= 11 is 0. The lowest BCUT2D eigenvalue weighted by Gasteiger charge is -2.16. The Morgan fingerprint density at radius 2 is 1.74 bits per heavy atom. The van der Waals surface area contributed by atoms with E-state index in [0.29, 0.717) is 0 Å². The number of hydrogen-bond acceptors (Lipinski definition) is 4. The van der Waals surface area contributed by atoms with Gasteiger partial charge in [-0.25, -0.2) is 0 Å². The molecule has 0 aliphatic heterocycles. The summed E-state index contributed by atoms with van der Waals surface area (Å²) in [6.45, 7) is 8.49. The topological polar surface area (TPSA) is 39.7 Å². The van der Waals surface area contributed by atoms with Gasteiger partial charge >= 0.3 is 0 Å². The van der Waals surface area contributed by atoms with Crippen molar-refractivity contribution < 1.29 is 14.2 Å². The molecule has 2 aromatic rings. The van der Waals surface area contributed by atoms with Gasteiger partial charge in [-0.2, -0.15) is 0 Å². The molecule has 0 bridgehead atoms. The van der Waals surface area contributed by atoms with Crippen LogP contribution >= 0.6 is 0 Å². The lowest BCUT2D eigenvalue weighted by atomic mass is 10.1. The van der Waals surface area contributed by atoms with E-state index in [0.717, 1.165) is 48.9 Å². The van der Waals surface area contributed by atoms with Crippen LogP contribution in [0.2, 0.25) is 0 Å². The van der Waals surface area contributed by atoms with Crippen molar-refractivity contribution in [2.75, 3.05) is 13.7 Å². The van der Waals surface area contributed by atoms with Crippen molar-refractivity contribution in [3.63, 3.8) is 0 Å². The summed E-state index contributed by atoms with van der Waals surface area (Å²) < 4.78 is 17.2. The second kappa shape index (κ2) is 11.5. The van der Waals surface area contributed by atoms with E-state index in [9.17, 15) is 0 Å². The monoisotopic (exact) mass is 371 g/mol. The molecule has 148 valence electrons. The van der Waals surface area contributed by atoms with Gasteiger partial charge in [0, 0.05) is 18.7 Å². The Balaban J connectivity index is 1.92. The molecule has 0 saturated heterocycles. The van der Waals surface area contributed by atoms with Crippen LogP contribution < -0.4 is 19.5 Å². The minimum Gasteiger partial charge on any atom is -0.493 e. The zero-order valence-corrected chi connectivity index (χ0v) is 17.1. The third kappa shape index (κ3) is 7.14. The van der Waals surface area contributed by atoms with Crippen LogP contribution in [0.4, 0.5) is 0 Å². The highest BCUT2D eigenvalue weighted by molar-refractivity contribution is 5.46. The normalized spacial score (nSPS) is 10.9. The predicted octanol–water partition coefficient (Wildman–Crippen LogP) is 5.34. The molecule has 0 atom stereocenters. The van der Waals surface area contributed by atoms with Gasteiger partial charge in [-0.05, 0) is 44.0 Å². The van der Waals surface area contributed by atoms with E-state index in [1.54, 1.807) is 7.11 Å². The van der Waals surface area contributed by atoms with Gasteiger partial charge in [-0.3, -0.25) is 0 Å². The quantitative estimate of drug-likeness (QED) is 0.511. The third-order valence-electron chi connectivity index (χ3n) is 4.21. The van der Waals surface area contributed by atoms with E-state index in [2.05, 4.69) is 30.4 Å². The molecular formula is C23H33NO3. The first-order valence-electron chi connectivity index (χ1n) is 9.89. The molecule has 0 amide bonds. The molecule has 0 radical (unpaired) electrons. The molecule has 27 heavy (non-hydrogen) atoms. The van der Waals surface area contributed by atoms with Gasteiger partial charge in [-0.15, -0.1) is 0 Å². The van der Waals surface area contributed by atoms with Gasteiger partial charge in [0.1, 0.15) is 5.75 Å². The second-order valence-corrected chi connectivity index (χ2v) is 6.92. The summed E-state index contributed by atoms with van der Waals surface area (Å²) in [5.41, 5.74) is 2.34. The lowest BCUT2D eigenvalue weighted by Crippen LogP contribution is -2.14. The number of benzene rings is 2. The highest BCUT2D eigenvalue weighted by atomic mass is 16.5. The summed E-state index contributed by atoms with van der Waals surface area (Å²) in [5, 5.41) is 3.50. The van der Waals surface area contributed by atoms with Crippen molar-refractivity contribution in [3.05, 3.63) is 53.6 Å². The number of methoxy groups -OCH3 is 1. The van der Waals surface area contributed by atoms with E-state index < -0.39 is 0 Å². The van der Waals surface area contributed by atoms with Crippen LogP contribution in [0.1, 0.15) is 51.2 Å². The zero-order valence-electron chi connectivity index (χ0n) is 17.1. The van der Waals surface area contributed by atoms with Crippen molar-refractivity contribution in [1.29, 1.82) is 0 Å². The highest BCUT2D eigenvalue weighted by Crippen LogP contribution is 2.31. The molecule has 1 N–H and O–H groups in total. The van der Waals surface area contributed by atoms with Crippen molar-refractivity contribution in [2.45, 2.75) is 59.2 Å². The van der Waals surface area contributed by atoms with Crippen LogP contribution in [-0.2, 0) is 13.1 Å². The van der Waals surface area contributed by atoms with Gasteiger partial charge < -0.3 is 19.5 Å². The molecule has 2 rings (SSSR count). The number of hydrogen-bond donors (Lipinski definition) is 1. The maximum Gasteiger partial charge on any atom is 0.165 e. The van der Waals surface area contributed by atoms with Crippen LogP contribution in [0.3, 0.4) is 0 Å². The van der Waals surface area contributed by atoms with E-state index >= 15 is 0 Å². The minimum atomic E-state index is 0.192. The van der Waals surface area contributed by atoms with Gasteiger partial charge in [-0.1, -0.05) is 44.0 Å². The molecule has 0 aliphatic carbocycles. The smallest absolute Gasteiger partial charge is 0.165 e. The first-order chi connectivity index (χ1) is 13.1. The molecule has 0 fully saturated rings. The van der Waals surface area contributed by atoms with Crippen LogP contribution in [0.15, 0.2) is 42.5 Å². The standard InChI is InChI=1S/C23H33NO3/c1-5-6-7-15-26-23-20(9-8-10-22(23)25-4)17-24-16-19-11-13-21(14-12-19)27-18(2)3/h8-14,18,24H,5-7,15-17H2,1-4H3. The first kappa shape index (κ1) is 21.1. The van der Waals surface area contributed by atoms with Crippen molar-refractivity contribution >= 4 is 0 Å². The predicted molar refractivity (Wildman–Crippen MR) is 111 cm³/mol. The molecule has 0 aromatic heterocycles. The molecule has 0 heterocycles. The molecule has 0 aliphatic rings. The van der Waals surface area contributed by atoms with Crippen LogP contribution in [0.5, 0.6) is 17.2 Å². The summed E-state index contributed by atoms with van der Waals surface area (Å²) in [5.74, 6) is 2.55. The molecular weight excluding hydrogens is 338 g/mol. The Labute approximate surface area is 163 Å². The fraction of sp³-hybridized carbons (Fsp3) is 0.478. The minimum absolute atomic E-state index is 0.192. The largest absolute Gasteiger partial charge is 0.493 e. The fourth-order valence-electron chi connectivity index (χ4n) is 2.85. The summed E-state index contributed by atoms with van der Waals surface area (Å²) in [7, 11) is 1.69. The molecule has 0 unspecified atom stereocenters. The zero-order chi connectivity index (χ0) is 19.5. The lowest BCUT2D eigenvalue weighted by molar-refractivity contribution is 0.242. The Bertz CT molecular complexity index is 668. The van der Waals surface area contributed by atoms with E-state index in [4.69, 9.17) is 14.2 Å². The molecule has 4 heteroatoms. The number of rotatable bonds is 12. The number of unbranched alkanes of at least 4 members (excludes halogenated alkanes) is 2. The Kier molecular flexibility index (Phi) is 8.99. The maximum atomic E-state index is 6.04. The number of ether oxygens (including phenoxy) is 3. The first-order valence-corrected chi connectivity index (χ1v) is 9.89. The summed E-state index contributed by atoms with van der Waals surface area (Å²) in [4.78, 5) is 0. The average Bonchev–Trinajstić information content (AvgIpc) is 2.66. The van der Waals surface area contributed by atoms with Gasteiger partial charge in [0.2, 0.25) is 0 Å². The molecule has 2 aromatic carbocycles. The fourth-order valence-corrected chi connectivity index (χ4v) is 2.85. The second-order valence-electron chi connectivity index (χ2n) is 6.92. The van der Waals surface area contributed by atoms with Crippen LogP contribution in [0.25, 0.3) is 0 Å². The highest BCUT2D eigenvalue weighted by Gasteiger charge is 2.10. The van der Waals surface area contributed by atoms with E-state index in [-0.39, 0.29) is 6.10 Å². The third-order valence-corrected chi connectivity index (χ3v) is 4.21. The Morgan fingerprint density at radius 1 is 0.963 bits per heavy atom.